The summed E-state index contributed by atoms with van der Waals surface area (Å²) in [6.07, 6.45) is 9.94. The molecule has 2 aliphatic carbocycles. The average molecular weight is 534 g/mol. The van der Waals surface area contributed by atoms with Crippen molar-refractivity contribution in [3.8, 4) is 5.75 Å². The van der Waals surface area contributed by atoms with Gasteiger partial charge in [-0.15, -0.1) is 0 Å². The van der Waals surface area contributed by atoms with Crippen LogP contribution >= 0.6 is 0 Å². The highest BCUT2D eigenvalue weighted by Crippen LogP contribution is 2.39. The summed E-state index contributed by atoms with van der Waals surface area (Å²) < 4.78 is 15.7. The second-order valence-electron chi connectivity index (χ2n) is 11.0. The number of halogens is 1. The lowest BCUT2D eigenvalue weighted by Crippen LogP contribution is -2.42. The second-order valence-corrected chi connectivity index (χ2v) is 11.0. The summed E-state index contributed by atoms with van der Waals surface area (Å²) in [6, 6.07) is 12.0. The smallest absolute Gasteiger partial charge is 0.326 e. The van der Waals surface area contributed by atoms with Crippen LogP contribution in [0.1, 0.15) is 96.2 Å². The number of aromatic nitrogens is 2. The Labute approximate surface area is 228 Å². The quantitative estimate of drug-likeness (QED) is 0.322. The maximum Gasteiger partial charge on any atom is 0.326 e. The van der Waals surface area contributed by atoms with E-state index < -0.39 is 17.9 Å². The summed E-state index contributed by atoms with van der Waals surface area (Å²) in [5, 5.41) is 27.1. The van der Waals surface area contributed by atoms with Crippen LogP contribution < -0.4 is 5.32 Å². The van der Waals surface area contributed by atoms with Crippen LogP contribution in [-0.4, -0.2) is 37.9 Å². The minimum atomic E-state index is -1.13. The molecule has 2 atom stereocenters. The predicted molar refractivity (Wildman–Crippen MR) is 145 cm³/mol. The molecule has 1 unspecified atom stereocenters. The summed E-state index contributed by atoms with van der Waals surface area (Å²) in [5.74, 6) is -1.60. The molecule has 3 aromatic rings. The SMILES string of the molecule is O=C(N[C@H](Cc1ccc(O)cc1)C(=O)O)c1nn(C2CCCCC2)c2c1CCCCC2Cc1ccc(F)cc1. The molecule has 1 aromatic heterocycles. The second kappa shape index (κ2) is 12.0. The highest BCUT2D eigenvalue weighted by Gasteiger charge is 2.34. The molecule has 0 spiro atoms. The van der Waals surface area contributed by atoms with Gasteiger partial charge in [-0.3, -0.25) is 9.48 Å². The number of rotatable bonds is 8. The zero-order valence-corrected chi connectivity index (χ0v) is 22.1. The number of hydrogen-bond acceptors (Lipinski definition) is 4. The predicted octanol–water partition coefficient (Wildman–Crippen LogP) is 5.71. The number of nitrogens with one attached hydrogen (secondary N) is 1. The number of nitrogens with zero attached hydrogens (tertiary/aromatic N) is 2. The molecule has 0 aliphatic heterocycles. The Morgan fingerprint density at radius 2 is 1.62 bits per heavy atom. The minimum absolute atomic E-state index is 0.0973. The molecule has 2 aliphatic rings. The molecule has 1 amide bonds. The molecule has 1 saturated carbocycles. The molecule has 1 fully saturated rings. The Morgan fingerprint density at radius 3 is 2.31 bits per heavy atom. The molecule has 2 aromatic carbocycles. The van der Waals surface area contributed by atoms with E-state index >= 15 is 0 Å². The summed E-state index contributed by atoms with van der Waals surface area (Å²) in [4.78, 5) is 25.8. The van der Waals surface area contributed by atoms with Crippen molar-refractivity contribution in [2.45, 2.75) is 88.6 Å². The summed E-state index contributed by atoms with van der Waals surface area (Å²) in [7, 11) is 0. The number of amides is 1. The van der Waals surface area contributed by atoms with E-state index in [-0.39, 0.29) is 29.9 Å². The number of aromatic hydroxyl groups is 1. The van der Waals surface area contributed by atoms with Crippen molar-refractivity contribution in [3.05, 3.63) is 82.4 Å². The zero-order chi connectivity index (χ0) is 27.4. The lowest BCUT2D eigenvalue weighted by Gasteiger charge is -2.27. The van der Waals surface area contributed by atoms with E-state index in [2.05, 4.69) is 10.00 Å². The molecular weight excluding hydrogens is 497 g/mol. The lowest BCUT2D eigenvalue weighted by atomic mass is 9.89. The van der Waals surface area contributed by atoms with Crippen molar-refractivity contribution in [2.75, 3.05) is 0 Å². The topological polar surface area (TPSA) is 104 Å². The van der Waals surface area contributed by atoms with Crippen LogP contribution in [0.4, 0.5) is 4.39 Å². The van der Waals surface area contributed by atoms with Crippen LogP contribution in [0.25, 0.3) is 0 Å². The van der Waals surface area contributed by atoms with Crippen LogP contribution in [0.3, 0.4) is 0 Å². The molecule has 39 heavy (non-hydrogen) atoms. The maximum atomic E-state index is 13.7. The van der Waals surface area contributed by atoms with E-state index in [1.807, 2.05) is 12.1 Å². The standard InChI is InChI=1S/C31H36FN3O4/c32-23-14-10-20(11-15-23)18-22-6-4-5-9-26-28(34-35(29(22)26)24-7-2-1-3-8-24)30(37)33-27(31(38)39)19-21-12-16-25(36)17-13-21/h10-17,22,24,27,36H,1-9,18-19H2,(H,33,37)(H,38,39)/t22?,27-/m1/s1. The van der Waals surface area contributed by atoms with Crippen LogP contribution in [0.15, 0.2) is 48.5 Å². The molecule has 1 heterocycles. The number of carboxylic acid groups (broad SMARTS) is 1. The third-order valence-electron chi connectivity index (χ3n) is 8.18. The third kappa shape index (κ3) is 6.32. The van der Waals surface area contributed by atoms with Crippen molar-refractivity contribution >= 4 is 11.9 Å². The van der Waals surface area contributed by atoms with Crippen molar-refractivity contribution in [3.63, 3.8) is 0 Å². The Bertz CT molecular complexity index is 1300. The number of carbonyl (C=O) groups is 2. The van der Waals surface area contributed by atoms with Gasteiger partial charge >= 0.3 is 5.97 Å². The number of carbonyl (C=O) groups excluding carboxylic acids is 1. The first-order valence-electron chi connectivity index (χ1n) is 14.1. The first-order chi connectivity index (χ1) is 18.9. The number of fused-ring (bicyclic) bond motifs is 1. The van der Waals surface area contributed by atoms with Gasteiger partial charge in [0.2, 0.25) is 0 Å². The van der Waals surface area contributed by atoms with Gasteiger partial charge < -0.3 is 15.5 Å². The number of aliphatic carboxylic acids is 1. The molecule has 3 N–H and O–H groups in total. The average Bonchev–Trinajstić information content (AvgIpc) is 3.20. The van der Waals surface area contributed by atoms with Gasteiger partial charge in [0.25, 0.3) is 5.91 Å². The molecule has 0 saturated heterocycles. The van der Waals surface area contributed by atoms with E-state index in [0.29, 0.717) is 11.3 Å². The zero-order valence-electron chi connectivity index (χ0n) is 22.1. The van der Waals surface area contributed by atoms with E-state index in [9.17, 15) is 24.2 Å². The van der Waals surface area contributed by atoms with Crippen LogP contribution in [0.5, 0.6) is 5.75 Å². The van der Waals surface area contributed by atoms with Gasteiger partial charge in [0.05, 0.1) is 6.04 Å². The molecule has 5 rings (SSSR count). The summed E-state index contributed by atoms with van der Waals surface area (Å²) in [6.45, 7) is 0. The number of hydrogen-bond donors (Lipinski definition) is 3. The largest absolute Gasteiger partial charge is 0.508 e. The Morgan fingerprint density at radius 1 is 0.949 bits per heavy atom. The van der Waals surface area contributed by atoms with E-state index in [1.165, 1.54) is 30.7 Å². The first kappa shape index (κ1) is 26.9. The van der Waals surface area contributed by atoms with Gasteiger partial charge in [-0.25, -0.2) is 9.18 Å². The van der Waals surface area contributed by atoms with Gasteiger partial charge in [-0.1, -0.05) is 49.9 Å². The number of carboxylic acids is 1. The monoisotopic (exact) mass is 533 g/mol. The lowest BCUT2D eigenvalue weighted by molar-refractivity contribution is -0.139. The van der Waals surface area contributed by atoms with Gasteiger partial charge in [-0.05, 0) is 73.9 Å². The fraction of sp³-hybridized carbons (Fsp3) is 0.452. The summed E-state index contributed by atoms with van der Waals surface area (Å²) >= 11 is 0. The Kier molecular flexibility index (Phi) is 8.29. The van der Waals surface area contributed by atoms with Gasteiger partial charge in [0.15, 0.2) is 5.69 Å². The number of phenolic OH excluding ortho intramolecular Hbond substituents is 1. The van der Waals surface area contributed by atoms with Crippen LogP contribution in [0, 0.1) is 5.82 Å². The molecule has 0 bridgehead atoms. The molecule has 206 valence electrons. The molecule has 7 nitrogen and oxygen atoms in total. The Hall–Kier alpha value is -3.68. The minimum Gasteiger partial charge on any atom is -0.508 e. The third-order valence-corrected chi connectivity index (χ3v) is 8.18. The van der Waals surface area contributed by atoms with E-state index in [1.54, 1.807) is 12.1 Å². The Balaban J connectivity index is 1.47. The van der Waals surface area contributed by atoms with Crippen LogP contribution in [0.2, 0.25) is 0 Å². The maximum absolute atomic E-state index is 13.7. The van der Waals surface area contributed by atoms with Crippen molar-refractivity contribution in [1.29, 1.82) is 0 Å². The van der Waals surface area contributed by atoms with E-state index in [4.69, 9.17) is 5.10 Å². The fourth-order valence-electron chi connectivity index (χ4n) is 6.18. The fourth-order valence-corrected chi connectivity index (χ4v) is 6.18. The number of benzene rings is 2. The molecule has 0 radical (unpaired) electrons. The first-order valence-corrected chi connectivity index (χ1v) is 14.1. The molecule has 8 heteroatoms. The van der Waals surface area contributed by atoms with Crippen molar-refractivity contribution in [1.82, 2.24) is 15.1 Å². The highest BCUT2D eigenvalue weighted by molar-refractivity contribution is 5.96. The highest BCUT2D eigenvalue weighted by atomic mass is 19.1. The van der Waals surface area contributed by atoms with Crippen LogP contribution in [-0.2, 0) is 24.1 Å². The van der Waals surface area contributed by atoms with Gasteiger partial charge in [0, 0.05) is 23.6 Å². The van der Waals surface area contributed by atoms with Crippen molar-refractivity contribution < 1.29 is 24.2 Å². The van der Waals surface area contributed by atoms with Gasteiger partial charge in [0.1, 0.15) is 17.6 Å². The van der Waals surface area contributed by atoms with E-state index in [0.717, 1.165) is 74.6 Å². The van der Waals surface area contributed by atoms with Gasteiger partial charge in [-0.2, -0.15) is 5.10 Å². The summed E-state index contributed by atoms with van der Waals surface area (Å²) in [5.41, 5.74) is 4.11. The van der Waals surface area contributed by atoms with Crippen molar-refractivity contribution in [2.24, 2.45) is 0 Å². The number of phenols is 1. The molecular formula is C31H36FN3O4. The normalized spacial score (nSPS) is 18.6.